The van der Waals surface area contributed by atoms with Gasteiger partial charge < -0.3 is 14.8 Å². The van der Waals surface area contributed by atoms with Gasteiger partial charge in [-0.2, -0.15) is 0 Å². The molecule has 0 aliphatic carbocycles. The summed E-state index contributed by atoms with van der Waals surface area (Å²) < 4.78 is 10.1. The number of nitrogens with zero attached hydrogens (tertiary/aromatic N) is 1. The van der Waals surface area contributed by atoms with E-state index in [-0.39, 0.29) is 6.61 Å². The molecule has 0 saturated heterocycles. The van der Waals surface area contributed by atoms with Crippen LogP contribution >= 0.6 is 0 Å². The first kappa shape index (κ1) is 20.3. The average molecular weight is 351 g/mol. The Kier molecular flexibility index (Phi) is 7.22. The van der Waals surface area contributed by atoms with Crippen LogP contribution in [0, 0.1) is 0 Å². The maximum absolute atomic E-state index is 12.1. The number of alkyl carbamates (subject to hydrolysis) is 1. The molecule has 0 radical (unpaired) electrons. The summed E-state index contributed by atoms with van der Waals surface area (Å²) in [5, 5.41) is 3.36. The van der Waals surface area contributed by atoms with E-state index in [1.165, 1.54) is 14.0 Å². The summed E-state index contributed by atoms with van der Waals surface area (Å²) in [6.45, 7) is 6.71. The normalized spacial score (nSPS) is 11.9. The summed E-state index contributed by atoms with van der Waals surface area (Å²) in [5.74, 6) is -0.525. The molecule has 1 rings (SSSR count). The van der Waals surface area contributed by atoms with Crippen LogP contribution in [-0.4, -0.2) is 41.8 Å². The number of hydrogen-bond donors (Lipinski definition) is 2. The fourth-order valence-electron chi connectivity index (χ4n) is 1.79. The zero-order chi connectivity index (χ0) is 19.0. The van der Waals surface area contributed by atoms with Crippen LogP contribution in [0.25, 0.3) is 0 Å². The molecule has 0 heterocycles. The van der Waals surface area contributed by atoms with Crippen molar-refractivity contribution >= 4 is 18.1 Å². The third-order valence-electron chi connectivity index (χ3n) is 2.91. The smallest absolute Gasteiger partial charge is 0.426 e. The lowest BCUT2D eigenvalue weighted by Gasteiger charge is -2.25. The van der Waals surface area contributed by atoms with E-state index in [1.807, 2.05) is 30.3 Å². The maximum Gasteiger partial charge on any atom is 0.426 e. The first-order chi connectivity index (χ1) is 11.6. The molecular weight excluding hydrogens is 326 g/mol. The number of hydrazine groups is 1. The summed E-state index contributed by atoms with van der Waals surface area (Å²) in [4.78, 5) is 35.5. The van der Waals surface area contributed by atoms with E-state index in [2.05, 4.69) is 10.7 Å². The summed E-state index contributed by atoms with van der Waals surface area (Å²) in [7, 11) is 1.36. The lowest BCUT2D eigenvalue weighted by atomic mass is 10.2. The van der Waals surface area contributed by atoms with Crippen molar-refractivity contribution in [1.82, 2.24) is 15.8 Å². The van der Waals surface area contributed by atoms with Gasteiger partial charge in [-0.1, -0.05) is 30.3 Å². The van der Waals surface area contributed by atoms with E-state index in [0.29, 0.717) is 0 Å². The lowest BCUT2D eigenvalue weighted by Crippen LogP contribution is -2.52. The number of ether oxygens (including phenoxy) is 2. The van der Waals surface area contributed by atoms with Crippen LogP contribution < -0.4 is 10.7 Å². The Morgan fingerprint density at radius 3 is 2.28 bits per heavy atom. The Morgan fingerprint density at radius 1 is 1.12 bits per heavy atom. The van der Waals surface area contributed by atoms with Crippen molar-refractivity contribution in [3.8, 4) is 0 Å². The molecule has 3 amide bonds. The summed E-state index contributed by atoms with van der Waals surface area (Å²) in [6.07, 6.45) is -1.49. The van der Waals surface area contributed by atoms with Crippen molar-refractivity contribution in [3.63, 3.8) is 0 Å². The van der Waals surface area contributed by atoms with Gasteiger partial charge in [-0.3, -0.25) is 9.80 Å². The molecule has 25 heavy (non-hydrogen) atoms. The van der Waals surface area contributed by atoms with Gasteiger partial charge in [-0.15, -0.1) is 0 Å². The molecule has 1 atom stereocenters. The van der Waals surface area contributed by atoms with E-state index in [1.54, 1.807) is 20.8 Å². The summed E-state index contributed by atoms with van der Waals surface area (Å²) in [6, 6.07) is 8.28. The van der Waals surface area contributed by atoms with Crippen molar-refractivity contribution in [3.05, 3.63) is 35.9 Å². The molecule has 2 N–H and O–H groups in total. The Labute approximate surface area is 147 Å². The monoisotopic (exact) mass is 351 g/mol. The highest BCUT2D eigenvalue weighted by molar-refractivity contribution is 5.86. The second-order valence-corrected chi connectivity index (χ2v) is 6.44. The third-order valence-corrected chi connectivity index (χ3v) is 2.91. The van der Waals surface area contributed by atoms with Crippen LogP contribution in [0.3, 0.4) is 0 Å². The molecule has 0 aromatic heterocycles. The maximum atomic E-state index is 12.1. The molecule has 8 heteroatoms. The number of benzene rings is 1. The van der Waals surface area contributed by atoms with Crippen molar-refractivity contribution < 1.29 is 23.9 Å². The highest BCUT2D eigenvalue weighted by atomic mass is 16.6. The molecule has 0 fully saturated rings. The van der Waals surface area contributed by atoms with Crippen molar-refractivity contribution in [1.29, 1.82) is 0 Å². The SMILES string of the molecule is CC(NC(=O)OCc1ccccc1)C(=O)N(C)NC(=O)OC(C)(C)C. The van der Waals surface area contributed by atoms with E-state index >= 15 is 0 Å². The van der Waals surface area contributed by atoms with E-state index < -0.39 is 29.7 Å². The summed E-state index contributed by atoms with van der Waals surface area (Å²) in [5.41, 5.74) is 2.43. The van der Waals surface area contributed by atoms with Gasteiger partial charge in [-0.25, -0.2) is 15.0 Å². The first-order valence-electron chi connectivity index (χ1n) is 7.83. The van der Waals surface area contributed by atoms with Gasteiger partial charge in [0, 0.05) is 7.05 Å². The average Bonchev–Trinajstić information content (AvgIpc) is 2.51. The molecule has 138 valence electrons. The van der Waals surface area contributed by atoms with Crippen LogP contribution in [0.2, 0.25) is 0 Å². The zero-order valence-corrected chi connectivity index (χ0v) is 15.2. The van der Waals surface area contributed by atoms with E-state index in [9.17, 15) is 14.4 Å². The minimum absolute atomic E-state index is 0.0968. The summed E-state index contributed by atoms with van der Waals surface area (Å²) >= 11 is 0. The molecule has 0 saturated carbocycles. The molecule has 0 aliphatic heterocycles. The predicted octanol–water partition coefficient (Wildman–Crippen LogP) is 2.20. The highest BCUT2D eigenvalue weighted by Crippen LogP contribution is 2.06. The quantitative estimate of drug-likeness (QED) is 0.811. The van der Waals surface area contributed by atoms with Crippen LogP contribution in [0.1, 0.15) is 33.3 Å². The Morgan fingerprint density at radius 2 is 1.72 bits per heavy atom. The number of rotatable bonds is 4. The van der Waals surface area contributed by atoms with Gasteiger partial charge in [0.2, 0.25) is 0 Å². The standard InChI is InChI=1S/C17H25N3O5/c1-12(14(21)20(5)19-16(23)25-17(2,3)4)18-15(22)24-11-13-9-7-6-8-10-13/h6-10,12H,11H2,1-5H3,(H,18,22)(H,19,23). The molecule has 1 aromatic rings. The largest absolute Gasteiger partial charge is 0.445 e. The number of carbonyl (C=O) groups excluding carboxylic acids is 3. The van der Waals surface area contributed by atoms with Crippen LogP contribution in [0.4, 0.5) is 9.59 Å². The number of carbonyl (C=O) groups is 3. The van der Waals surface area contributed by atoms with Gasteiger partial charge in [-0.05, 0) is 33.3 Å². The Bertz CT molecular complexity index is 598. The molecule has 1 aromatic carbocycles. The number of amides is 3. The topological polar surface area (TPSA) is 97.0 Å². The first-order valence-corrected chi connectivity index (χ1v) is 7.83. The second kappa shape index (κ2) is 8.91. The minimum Gasteiger partial charge on any atom is -0.445 e. The zero-order valence-electron chi connectivity index (χ0n) is 15.2. The molecule has 1 unspecified atom stereocenters. The number of nitrogens with one attached hydrogen (secondary N) is 2. The molecule has 0 bridgehead atoms. The molecule has 0 aliphatic rings. The Balaban J connectivity index is 2.41. The van der Waals surface area contributed by atoms with Crippen molar-refractivity contribution in [2.45, 2.75) is 45.9 Å². The van der Waals surface area contributed by atoms with E-state index in [0.717, 1.165) is 10.6 Å². The van der Waals surface area contributed by atoms with Gasteiger partial charge >= 0.3 is 12.2 Å². The lowest BCUT2D eigenvalue weighted by molar-refractivity contribution is -0.134. The molecular formula is C17H25N3O5. The fourth-order valence-corrected chi connectivity index (χ4v) is 1.79. The third kappa shape index (κ3) is 8.05. The fraction of sp³-hybridized carbons (Fsp3) is 0.471. The van der Waals surface area contributed by atoms with Crippen LogP contribution in [0.15, 0.2) is 30.3 Å². The second-order valence-electron chi connectivity index (χ2n) is 6.44. The van der Waals surface area contributed by atoms with Crippen molar-refractivity contribution in [2.75, 3.05) is 7.05 Å². The van der Waals surface area contributed by atoms with Gasteiger partial charge in [0.1, 0.15) is 18.2 Å². The molecule has 8 nitrogen and oxygen atoms in total. The number of likely N-dealkylation sites (N-methyl/N-ethyl adjacent to an activating group) is 1. The van der Waals surface area contributed by atoms with Crippen molar-refractivity contribution in [2.24, 2.45) is 0 Å². The highest BCUT2D eigenvalue weighted by Gasteiger charge is 2.23. The van der Waals surface area contributed by atoms with Gasteiger partial charge in [0.25, 0.3) is 5.91 Å². The van der Waals surface area contributed by atoms with Crippen LogP contribution in [-0.2, 0) is 20.9 Å². The Hall–Kier alpha value is -2.77. The van der Waals surface area contributed by atoms with Crippen LogP contribution in [0.5, 0.6) is 0 Å². The molecule has 0 spiro atoms. The van der Waals surface area contributed by atoms with E-state index in [4.69, 9.17) is 9.47 Å². The number of hydrogen-bond acceptors (Lipinski definition) is 5. The van der Waals surface area contributed by atoms with Gasteiger partial charge in [0.15, 0.2) is 0 Å². The predicted molar refractivity (Wildman–Crippen MR) is 91.4 cm³/mol. The van der Waals surface area contributed by atoms with Gasteiger partial charge in [0.05, 0.1) is 0 Å². The minimum atomic E-state index is -0.886.